The summed E-state index contributed by atoms with van der Waals surface area (Å²) in [6.45, 7) is 3.67. The first kappa shape index (κ1) is 13.4. The smallest absolute Gasteiger partial charge is 0.101 e. The highest BCUT2D eigenvalue weighted by molar-refractivity contribution is 6.30. The molecule has 5 heteroatoms. The minimum atomic E-state index is 0.572. The van der Waals surface area contributed by atoms with Crippen LogP contribution in [0.25, 0.3) is 0 Å². The molecule has 1 aromatic heterocycles. The van der Waals surface area contributed by atoms with Crippen LogP contribution < -0.4 is 5.32 Å². The average molecular weight is 275 g/mol. The number of hydrogen-bond donors (Lipinski definition) is 1. The quantitative estimate of drug-likeness (QED) is 0.852. The number of nitrogens with one attached hydrogen (secondary N) is 1. The van der Waals surface area contributed by atoms with Gasteiger partial charge in [-0.05, 0) is 37.1 Å². The van der Waals surface area contributed by atoms with Crippen molar-refractivity contribution in [2.24, 2.45) is 0 Å². The molecule has 0 radical (unpaired) electrons. The number of nitrogens with zero attached hydrogens (tertiary/aromatic N) is 3. The van der Waals surface area contributed by atoms with E-state index in [2.05, 4.69) is 16.5 Å². The van der Waals surface area contributed by atoms with Crippen molar-refractivity contribution in [1.29, 1.82) is 5.26 Å². The van der Waals surface area contributed by atoms with Crippen LogP contribution in [0.15, 0.2) is 30.6 Å². The van der Waals surface area contributed by atoms with E-state index in [4.69, 9.17) is 16.9 Å². The highest BCUT2D eigenvalue weighted by Crippen LogP contribution is 2.19. The second-order valence-electron chi connectivity index (χ2n) is 4.36. The van der Waals surface area contributed by atoms with Crippen molar-refractivity contribution < 1.29 is 0 Å². The molecule has 0 bridgehead atoms. The fourth-order valence-corrected chi connectivity index (χ4v) is 1.99. The maximum Gasteiger partial charge on any atom is 0.101 e. The molecule has 4 nitrogen and oxygen atoms in total. The van der Waals surface area contributed by atoms with Crippen molar-refractivity contribution in [3.05, 3.63) is 46.7 Å². The summed E-state index contributed by atoms with van der Waals surface area (Å²) in [5.41, 5.74) is 2.56. The van der Waals surface area contributed by atoms with E-state index >= 15 is 0 Å². The third-order valence-corrected chi connectivity index (χ3v) is 2.98. The predicted molar refractivity (Wildman–Crippen MR) is 76.2 cm³/mol. The van der Waals surface area contributed by atoms with Gasteiger partial charge in [0.25, 0.3) is 0 Å². The Morgan fingerprint density at radius 3 is 3.00 bits per heavy atom. The first-order chi connectivity index (χ1) is 9.19. The van der Waals surface area contributed by atoms with Crippen LogP contribution in [0.4, 0.5) is 5.69 Å². The first-order valence-corrected chi connectivity index (χ1v) is 6.49. The van der Waals surface area contributed by atoms with Crippen LogP contribution in [-0.2, 0) is 6.54 Å². The summed E-state index contributed by atoms with van der Waals surface area (Å²) < 4.78 is 1.92. The predicted octanol–water partition coefficient (Wildman–Crippen LogP) is 3.22. The van der Waals surface area contributed by atoms with Crippen LogP contribution >= 0.6 is 11.6 Å². The van der Waals surface area contributed by atoms with E-state index in [1.54, 1.807) is 12.1 Å². The van der Waals surface area contributed by atoms with Crippen molar-refractivity contribution in [1.82, 2.24) is 9.78 Å². The molecule has 2 rings (SSSR count). The van der Waals surface area contributed by atoms with E-state index in [1.165, 1.54) is 0 Å². The van der Waals surface area contributed by atoms with Crippen LogP contribution in [0.1, 0.15) is 17.5 Å². The van der Waals surface area contributed by atoms with Crippen molar-refractivity contribution in [2.45, 2.75) is 19.9 Å². The zero-order chi connectivity index (χ0) is 13.7. The Morgan fingerprint density at radius 1 is 1.47 bits per heavy atom. The van der Waals surface area contributed by atoms with Gasteiger partial charge in [-0.2, -0.15) is 10.4 Å². The SMILES string of the molecule is Cc1cnn(CCCNc2ccc(Cl)cc2C#N)c1. The van der Waals surface area contributed by atoms with Gasteiger partial charge in [0, 0.05) is 24.3 Å². The molecule has 0 amide bonds. The fourth-order valence-electron chi connectivity index (χ4n) is 1.82. The van der Waals surface area contributed by atoms with E-state index in [1.807, 2.05) is 30.1 Å². The van der Waals surface area contributed by atoms with E-state index in [0.29, 0.717) is 10.6 Å². The molecule has 0 unspecified atom stereocenters. The normalized spacial score (nSPS) is 10.2. The van der Waals surface area contributed by atoms with E-state index < -0.39 is 0 Å². The zero-order valence-electron chi connectivity index (χ0n) is 10.7. The van der Waals surface area contributed by atoms with Gasteiger partial charge < -0.3 is 5.32 Å². The summed E-state index contributed by atoms with van der Waals surface area (Å²) in [4.78, 5) is 0. The lowest BCUT2D eigenvalue weighted by molar-refractivity contribution is 0.591. The number of benzene rings is 1. The Bertz CT molecular complexity index is 598. The van der Waals surface area contributed by atoms with Crippen molar-refractivity contribution in [2.75, 3.05) is 11.9 Å². The van der Waals surface area contributed by atoms with Crippen molar-refractivity contribution >= 4 is 17.3 Å². The number of aromatic nitrogens is 2. The Labute approximate surface area is 117 Å². The fraction of sp³-hybridized carbons (Fsp3) is 0.286. The summed E-state index contributed by atoms with van der Waals surface area (Å²) in [7, 11) is 0. The van der Waals surface area contributed by atoms with Gasteiger partial charge in [-0.3, -0.25) is 4.68 Å². The van der Waals surface area contributed by atoms with Crippen LogP contribution in [0.3, 0.4) is 0 Å². The molecule has 0 spiro atoms. The molecule has 0 aliphatic carbocycles. The average Bonchev–Trinajstić information content (AvgIpc) is 2.81. The van der Waals surface area contributed by atoms with Gasteiger partial charge >= 0.3 is 0 Å². The van der Waals surface area contributed by atoms with Gasteiger partial charge in [-0.25, -0.2) is 0 Å². The molecule has 0 saturated heterocycles. The highest BCUT2D eigenvalue weighted by atomic mass is 35.5. The number of rotatable bonds is 5. The maximum atomic E-state index is 9.02. The Kier molecular flexibility index (Phi) is 4.43. The molecule has 1 aromatic carbocycles. The zero-order valence-corrected chi connectivity index (χ0v) is 11.5. The topological polar surface area (TPSA) is 53.6 Å². The van der Waals surface area contributed by atoms with Gasteiger partial charge in [0.2, 0.25) is 0 Å². The van der Waals surface area contributed by atoms with E-state index in [0.717, 1.165) is 30.8 Å². The number of aryl methyl sites for hydroxylation is 2. The standard InChI is InChI=1S/C14H15ClN4/c1-11-9-18-19(10-11)6-2-5-17-14-4-3-13(15)7-12(14)8-16/h3-4,7,9-10,17H,2,5-6H2,1H3. The highest BCUT2D eigenvalue weighted by Gasteiger charge is 2.02. The third kappa shape index (κ3) is 3.73. The van der Waals surface area contributed by atoms with Gasteiger partial charge in [0.05, 0.1) is 17.4 Å². The van der Waals surface area contributed by atoms with E-state index in [-0.39, 0.29) is 0 Å². The number of nitriles is 1. The van der Waals surface area contributed by atoms with Crippen LogP contribution in [0.2, 0.25) is 5.02 Å². The Morgan fingerprint density at radius 2 is 2.32 bits per heavy atom. The van der Waals surface area contributed by atoms with Crippen molar-refractivity contribution in [3.8, 4) is 6.07 Å². The molecular formula is C14H15ClN4. The lowest BCUT2D eigenvalue weighted by atomic mass is 10.2. The molecule has 19 heavy (non-hydrogen) atoms. The molecule has 0 aliphatic rings. The van der Waals surface area contributed by atoms with E-state index in [9.17, 15) is 0 Å². The summed E-state index contributed by atoms with van der Waals surface area (Å²) in [5, 5.41) is 17.1. The summed E-state index contributed by atoms with van der Waals surface area (Å²) in [5.74, 6) is 0. The number of halogens is 1. The molecule has 2 aromatic rings. The number of anilines is 1. The van der Waals surface area contributed by atoms with Gasteiger partial charge in [0.15, 0.2) is 0 Å². The molecule has 1 heterocycles. The Balaban J connectivity index is 1.84. The summed E-state index contributed by atoms with van der Waals surface area (Å²) >= 11 is 5.85. The lowest BCUT2D eigenvalue weighted by Crippen LogP contribution is -2.07. The first-order valence-electron chi connectivity index (χ1n) is 6.11. The van der Waals surface area contributed by atoms with Crippen molar-refractivity contribution in [3.63, 3.8) is 0 Å². The van der Waals surface area contributed by atoms with Gasteiger partial charge in [-0.1, -0.05) is 11.6 Å². The van der Waals surface area contributed by atoms with Crippen LogP contribution in [0, 0.1) is 18.3 Å². The molecule has 1 N–H and O–H groups in total. The molecule has 0 saturated carbocycles. The molecular weight excluding hydrogens is 260 g/mol. The minimum Gasteiger partial charge on any atom is -0.384 e. The minimum absolute atomic E-state index is 0.572. The molecule has 98 valence electrons. The molecule has 0 atom stereocenters. The third-order valence-electron chi connectivity index (χ3n) is 2.74. The largest absolute Gasteiger partial charge is 0.384 e. The number of hydrogen-bond acceptors (Lipinski definition) is 3. The van der Waals surface area contributed by atoms with Crippen LogP contribution in [-0.4, -0.2) is 16.3 Å². The maximum absolute atomic E-state index is 9.02. The molecule has 0 aliphatic heterocycles. The van der Waals surface area contributed by atoms with Gasteiger partial charge in [0.1, 0.15) is 6.07 Å². The van der Waals surface area contributed by atoms with Crippen LogP contribution in [0.5, 0.6) is 0 Å². The Hall–Kier alpha value is -1.99. The second kappa shape index (κ2) is 6.26. The second-order valence-corrected chi connectivity index (χ2v) is 4.80. The van der Waals surface area contributed by atoms with Gasteiger partial charge in [-0.15, -0.1) is 0 Å². The summed E-state index contributed by atoms with van der Waals surface area (Å²) in [6, 6.07) is 7.41. The molecule has 0 fully saturated rings. The summed E-state index contributed by atoms with van der Waals surface area (Å²) in [6.07, 6.45) is 4.80. The lowest BCUT2D eigenvalue weighted by Gasteiger charge is -2.08. The monoisotopic (exact) mass is 274 g/mol.